The molecule has 0 saturated carbocycles. The predicted molar refractivity (Wildman–Crippen MR) is 135 cm³/mol. The van der Waals surface area contributed by atoms with Crippen LogP contribution >= 0.6 is 23.1 Å². The molecule has 4 aromatic rings. The number of carbonyl (C=O) groups excluding carboxylic acids is 2. The van der Waals surface area contributed by atoms with Gasteiger partial charge in [-0.1, -0.05) is 67.6 Å². The molecule has 5 nitrogen and oxygen atoms in total. The van der Waals surface area contributed by atoms with E-state index < -0.39 is 0 Å². The average Bonchev–Trinajstić information content (AvgIpc) is 3.20. The molecule has 4 rings (SSSR count). The van der Waals surface area contributed by atoms with Gasteiger partial charge in [0.05, 0.1) is 22.4 Å². The number of fused-ring (bicyclic) bond motifs is 2. The zero-order chi connectivity index (χ0) is 22.3. The Bertz CT molecular complexity index is 1250. The number of thiazole rings is 1. The fraction of sp³-hybridized carbons (Fsp3) is 0.240. The standard InChI is InChI=1S/C25H25N3O2S2/c1-2-3-13-26-24(30)16-31-25-28-21-12-11-19(15-22(21)32-25)27-23(29)14-18-9-6-8-17-7-4-5-10-20(17)18/h4-12,15H,2-3,13-14,16H2,1H3,(H,26,30)(H,27,29). The molecule has 0 bridgehead atoms. The number of rotatable bonds is 9. The van der Waals surface area contributed by atoms with Gasteiger partial charge >= 0.3 is 0 Å². The second kappa shape index (κ2) is 10.6. The molecule has 0 atom stereocenters. The van der Waals surface area contributed by atoms with Crippen molar-refractivity contribution in [3.05, 3.63) is 66.2 Å². The highest BCUT2D eigenvalue weighted by molar-refractivity contribution is 8.01. The van der Waals surface area contributed by atoms with Gasteiger partial charge in [0.15, 0.2) is 4.34 Å². The minimum Gasteiger partial charge on any atom is -0.355 e. The summed E-state index contributed by atoms with van der Waals surface area (Å²) in [6.45, 7) is 2.82. The Kier molecular flexibility index (Phi) is 7.39. The van der Waals surface area contributed by atoms with E-state index in [0.717, 1.165) is 56.0 Å². The van der Waals surface area contributed by atoms with Crippen molar-refractivity contribution < 1.29 is 9.59 Å². The van der Waals surface area contributed by atoms with Gasteiger partial charge in [-0.05, 0) is 41.0 Å². The molecular formula is C25H25N3O2S2. The molecule has 2 N–H and O–H groups in total. The van der Waals surface area contributed by atoms with E-state index in [1.165, 1.54) is 23.1 Å². The fourth-order valence-corrected chi connectivity index (χ4v) is 5.39. The maximum Gasteiger partial charge on any atom is 0.230 e. The van der Waals surface area contributed by atoms with Gasteiger partial charge in [-0.25, -0.2) is 4.98 Å². The van der Waals surface area contributed by atoms with Crippen LogP contribution < -0.4 is 10.6 Å². The van der Waals surface area contributed by atoms with E-state index in [1.807, 2.05) is 48.5 Å². The molecule has 164 valence electrons. The topological polar surface area (TPSA) is 71.1 Å². The largest absolute Gasteiger partial charge is 0.355 e. The Labute approximate surface area is 195 Å². The van der Waals surface area contributed by atoms with Crippen LogP contribution in [-0.2, 0) is 16.0 Å². The van der Waals surface area contributed by atoms with Crippen molar-refractivity contribution >= 4 is 61.6 Å². The number of nitrogens with one attached hydrogen (secondary N) is 2. The number of aromatic nitrogens is 1. The molecule has 0 saturated heterocycles. The number of benzene rings is 3. The summed E-state index contributed by atoms with van der Waals surface area (Å²) in [5.41, 5.74) is 2.63. The van der Waals surface area contributed by atoms with Crippen molar-refractivity contribution in [1.82, 2.24) is 10.3 Å². The maximum absolute atomic E-state index is 12.7. The van der Waals surface area contributed by atoms with Crippen molar-refractivity contribution in [3.8, 4) is 0 Å². The average molecular weight is 464 g/mol. The van der Waals surface area contributed by atoms with Crippen molar-refractivity contribution in [2.45, 2.75) is 30.5 Å². The van der Waals surface area contributed by atoms with Gasteiger partial charge in [0.25, 0.3) is 0 Å². The second-order valence-corrected chi connectivity index (χ2v) is 9.77. The lowest BCUT2D eigenvalue weighted by atomic mass is 10.0. The molecule has 32 heavy (non-hydrogen) atoms. The van der Waals surface area contributed by atoms with Gasteiger partial charge in [0.2, 0.25) is 11.8 Å². The maximum atomic E-state index is 12.7. The van der Waals surface area contributed by atoms with Crippen LogP contribution in [0.3, 0.4) is 0 Å². The van der Waals surface area contributed by atoms with Crippen molar-refractivity contribution in [3.63, 3.8) is 0 Å². The number of hydrogen-bond acceptors (Lipinski definition) is 5. The molecule has 0 radical (unpaired) electrons. The summed E-state index contributed by atoms with van der Waals surface area (Å²) < 4.78 is 1.84. The van der Waals surface area contributed by atoms with Crippen LogP contribution in [0.4, 0.5) is 5.69 Å². The minimum absolute atomic E-state index is 0.0316. The lowest BCUT2D eigenvalue weighted by molar-refractivity contribution is -0.118. The third-order valence-electron chi connectivity index (χ3n) is 5.06. The Morgan fingerprint density at radius 3 is 2.75 bits per heavy atom. The highest BCUT2D eigenvalue weighted by Gasteiger charge is 2.11. The zero-order valence-electron chi connectivity index (χ0n) is 17.9. The number of carbonyl (C=O) groups is 2. The van der Waals surface area contributed by atoms with Gasteiger partial charge in [0, 0.05) is 12.2 Å². The van der Waals surface area contributed by atoms with Crippen LogP contribution in [0.2, 0.25) is 0 Å². The Morgan fingerprint density at radius 2 is 1.88 bits per heavy atom. The highest BCUT2D eigenvalue weighted by Crippen LogP contribution is 2.31. The number of thioether (sulfide) groups is 1. The van der Waals surface area contributed by atoms with E-state index in [2.05, 4.69) is 34.7 Å². The summed E-state index contributed by atoms with van der Waals surface area (Å²) >= 11 is 2.98. The third-order valence-corrected chi connectivity index (χ3v) is 7.22. The number of hydrogen-bond donors (Lipinski definition) is 2. The summed E-state index contributed by atoms with van der Waals surface area (Å²) in [5, 5.41) is 8.16. The molecule has 1 aromatic heterocycles. The van der Waals surface area contributed by atoms with Crippen LogP contribution in [0.15, 0.2) is 65.0 Å². The van der Waals surface area contributed by atoms with Crippen molar-refractivity contribution in [1.29, 1.82) is 0 Å². The number of amides is 2. The smallest absolute Gasteiger partial charge is 0.230 e. The number of nitrogens with zero attached hydrogens (tertiary/aromatic N) is 1. The number of unbranched alkanes of at least 4 members (excludes halogenated alkanes) is 1. The molecule has 0 unspecified atom stereocenters. The lowest BCUT2D eigenvalue weighted by Crippen LogP contribution is -2.25. The molecule has 2 amide bonds. The highest BCUT2D eigenvalue weighted by atomic mass is 32.2. The van der Waals surface area contributed by atoms with E-state index in [1.54, 1.807) is 0 Å². The van der Waals surface area contributed by atoms with Crippen LogP contribution in [-0.4, -0.2) is 29.1 Å². The number of anilines is 1. The molecule has 0 aliphatic carbocycles. The first-order valence-electron chi connectivity index (χ1n) is 10.7. The summed E-state index contributed by atoms with van der Waals surface area (Å²) in [6.07, 6.45) is 2.37. The first kappa shape index (κ1) is 22.3. The first-order valence-corrected chi connectivity index (χ1v) is 12.5. The van der Waals surface area contributed by atoms with Crippen molar-refractivity contribution in [2.24, 2.45) is 0 Å². The van der Waals surface area contributed by atoms with Crippen LogP contribution in [0.1, 0.15) is 25.3 Å². The van der Waals surface area contributed by atoms with Crippen LogP contribution in [0.5, 0.6) is 0 Å². The molecule has 0 aliphatic heterocycles. The second-order valence-electron chi connectivity index (χ2n) is 7.52. The van der Waals surface area contributed by atoms with E-state index in [4.69, 9.17) is 0 Å². The van der Waals surface area contributed by atoms with Gasteiger partial charge in [0.1, 0.15) is 0 Å². The normalized spacial score (nSPS) is 11.0. The minimum atomic E-state index is -0.0523. The van der Waals surface area contributed by atoms with E-state index >= 15 is 0 Å². The molecular weight excluding hydrogens is 438 g/mol. The van der Waals surface area contributed by atoms with E-state index in [0.29, 0.717) is 12.2 Å². The van der Waals surface area contributed by atoms with Gasteiger partial charge in [-0.2, -0.15) is 0 Å². The molecule has 0 aliphatic rings. The molecule has 0 fully saturated rings. The first-order chi connectivity index (χ1) is 15.6. The molecule has 0 spiro atoms. The van der Waals surface area contributed by atoms with E-state index in [9.17, 15) is 9.59 Å². The molecule has 7 heteroatoms. The van der Waals surface area contributed by atoms with E-state index in [-0.39, 0.29) is 11.8 Å². The van der Waals surface area contributed by atoms with Crippen LogP contribution in [0.25, 0.3) is 21.0 Å². The summed E-state index contributed by atoms with van der Waals surface area (Å²) in [4.78, 5) is 29.2. The summed E-state index contributed by atoms with van der Waals surface area (Å²) in [7, 11) is 0. The Morgan fingerprint density at radius 1 is 1.03 bits per heavy atom. The Hall–Kier alpha value is -2.90. The monoisotopic (exact) mass is 463 g/mol. The quantitative estimate of drug-likeness (QED) is 0.249. The third kappa shape index (κ3) is 5.66. The molecule has 1 heterocycles. The lowest BCUT2D eigenvalue weighted by Gasteiger charge is -2.08. The summed E-state index contributed by atoms with van der Waals surface area (Å²) in [5.74, 6) is 0.339. The van der Waals surface area contributed by atoms with Gasteiger partial charge < -0.3 is 10.6 Å². The summed E-state index contributed by atoms with van der Waals surface area (Å²) in [6, 6.07) is 19.9. The van der Waals surface area contributed by atoms with Gasteiger partial charge in [-0.3, -0.25) is 9.59 Å². The molecule has 3 aromatic carbocycles. The van der Waals surface area contributed by atoms with Crippen LogP contribution in [0, 0.1) is 0 Å². The predicted octanol–water partition coefficient (Wildman–Crippen LogP) is 5.64. The fourth-order valence-electron chi connectivity index (χ4n) is 3.45. The van der Waals surface area contributed by atoms with Crippen molar-refractivity contribution in [2.75, 3.05) is 17.6 Å². The SMILES string of the molecule is CCCCNC(=O)CSc1nc2ccc(NC(=O)Cc3cccc4ccccc34)cc2s1. The zero-order valence-corrected chi connectivity index (χ0v) is 19.5. The Balaban J connectivity index is 1.38. The van der Waals surface area contributed by atoms with Gasteiger partial charge in [-0.15, -0.1) is 11.3 Å².